The van der Waals surface area contributed by atoms with Crippen molar-refractivity contribution in [3.8, 4) is 5.69 Å². The fourth-order valence-corrected chi connectivity index (χ4v) is 2.86. The fraction of sp³-hybridized carbons (Fsp3) is 0.375. The lowest BCUT2D eigenvalue weighted by Gasteiger charge is -2.18. The summed E-state index contributed by atoms with van der Waals surface area (Å²) in [7, 11) is 0. The van der Waals surface area contributed by atoms with Crippen LogP contribution in [0.1, 0.15) is 24.3 Å². The largest absolute Gasteiger partial charge is 0.303 e. The Morgan fingerprint density at radius 1 is 1.24 bits per heavy atom. The zero-order chi connectivity index (χ0) is 14.7. The lowest BCUT2D eigenvalue weighted by molar-refractivity contribution is -0.109. The third kappa shape index (κ3) is 3.34. The molecule has 1 aromatic carbocycles. The molecule has 1 aromatic heterocycles. The fourth-order valence-electron chi connectivity index (χ4n) is 2.73. The summed E-state index contributed by atoms with van der Waals surface area (Å²) in [6.45, 7) is 2.97. The highest BCUT2D eigenvalue weighted by atomic mass is 35.5. The van der Waals surface area contributed by atoms with Crippen LogP contribution in [0.3, 0.4) is 0 Å². The number of carbonyl (C=O) groups is 1. The molecule has 4 nitrogen and oxygen atoms in total. The van der Waals surface area contributed by atoms with E-state index in [9.17, 15) is 4.79 Å². The molecule has 1 saturated heterocycles. The van der Waals surface area contributed by atoms with Crippen LogP contribution >= 0.6 is 11.6 Å². The second kappa shape index (κ2) is 6.41. The number of aromatic nitrogens is 2. The Kier molecular flexibility index (Phi) is 4.36. The van der Waals surface area contributed by atoms with Gasteiger partial charge in [0.05, 0.1) is 17.8 Å². The van der Waals surface area contributed by atoms with Gasteiger partial charge in [-0.2, -0.15) is 5.10 Å². The topological polar surface area (TPSA) is 38.1 Å². The molecule has 2 heterocycles. The van der Waals surface area contributed by atoms with E-state index in [4.69, 9.17) is 11.6 Å². The van der Waals surface area contributed by atoms with Crippen LogP contribution in [-0.2, 0) is 4.79 Å². The van der Waals surface area contributed by atoms with Crippen molar-refractivity contribution in [2.75, 3.05) is 19.6 Å². The predicted octanol–water partition coefficient (Wildman–Crippen LogP) is 2.90. The Morgan fingerprint density at radius 2 is 1.95 bits per heavy atom. The Balaban J connectivity index is 1.75. The molecule has 1 unspecified atom stereocenters. The van der Waals surface area contributed by atoms with E-state index in [1.807, 2.05) is 30.5 Å². The summed E-state index contributed by atoms with van der Waals surface area (Å²) in [6, 6.07) is 7.49. The molecule has 1 atom stereocenters. The van der Waals surface area contributed by atoms with Gasteiger partial charge in [0.25, 0.3) is 0 Å². The van der Waals surface area contributed by atoms with Crippen molar-refractivity contribution in [2.45, 2.75) is 18.8 Å². The van der Waals surface area contributed by atoms with Crippen LogP contribution in [0.4, 0.5) is 0 Å². The van der Waals surface area contributed by atoms with E-state index in [0.29, 0.717) is 5.02 Å². The van der Waals surface area contributed by atoms with Crippen molar-refractivity contribution in [3.63, 3.8) is 0 Å². The Hall–Kier alpha value is -1.65. The molecule has 5 heteroatoms. The van der Waals surface area contributed by atoms with Gasteiger partial charge >= 0.3 is 0 Å². The minimum atomic E-state index is -0.107. The Bertz CT molecular complexity index is 602. The van der Waals surface area contributed by atoms with Crippen molar-refractivity contribution in [1.82, 2.24) is 14.7 Å². The molecule has 1 aliphatic rings. The molecule has 0 saturated carbocycles. The normalized spacial score (nSPS) is 17.0. The van der Waals surface area contributed by atoms with Crippen LogP contribution in [0.5, 0.6) is 0 Å². The Morgan fingerprint density at radius 3 is 2.62 bits per heavy atom. The first-order chi connectivity index (χ1) is 10.3. The van der Waals surface area contributed by atoms with Crippen molar-refractivity contribution < 1.29 is 4.79 Å². The number of hydrogen-bond acceptors (Lipinski definition) is 3. The SMILES string of the molecule is O=CC(CN1CCCC1)c1cnn(-c2ccc(Cl)cc2)c1. The first-order valence-electron chi connectivity index (χ1n) is 7.24. The number of hydrogen-bond donors (Lipinski definition) is 0. The van der Waals surface area contributed by atoms with E-state index >= 15 is 0 Å². The number of aldehydes is 1. The van der Waals surface area contributed by atoms with E-state index < -0.39 is 0 Å². The Labute approximate surface area is 129 Å². The van der Waals surface area contributed by atoms with Crippen molar-refractivity contribution in [3.05, 3.63) is 47.2 Å². The van der Waals surface area contributed by atoms with Crippen LogP contribution < -0.4 is 0 Å². The molecule has 21 heavy (non-hydrogen) atoms. The summed E-state index contributed by atoms with van der Waals surface area (Å²) >= 11 is 5.89. The molecule has 1 aliphatic heterocycles. The molecule has 3 rings (SSSR count). The van der Waals surface area contributed by atoms with Gasteiger partial charge in [0, 0.05) is 23.3 Å². The quantitative estimate of drug-likeness (QED) is 0.797. The highest BCUT2D eigenvalue weighted by molar-refractivity contribution is 6.30. The van der Waals surface area contributed by atoms with Gasteiger partial charge in [-0.1, -0.05) is 11.6 Å². The molecule has 0 N–H and O–H groups in total. The van der Waals surface area contributed by atoms with Gasteiger partial charge in [-0.05, 0) is 50.2 Å². The van der Waals surface area contributed by atoms with Gasteiger partial charge in [0.15, 0.2) is 0 Å². The highest BCUT2D eigenvalue weighted by Gasteiger charge is 2.19. The maximum Gasteiger partial charge on any atom is 0.128 e. The predicted molar refractivity (Wildman–Crippen MR) is 83.1 cm³/mol. The van der Waals surface area contributed by atoms with Gasteiger partial charge in [0.2, 0.25) is 0 Å². The van der Waals surface area contributed by atoms with E-state index in [0.717, 1.165) is 37.2 Å². The minimum absolute atomic E-state index is 0.107. The molecule has 110 valence electrons. The minimum Gasteiger partial charge on any atom is -0.303 e. The second-order valence-corrected chi connectivity index (χ2v) is 5.88. The number of carbonyl (C=O) groups excluding carboxylic acids is 1. The average Bonchev–Trinajstić information content (AvgIpc) is 3.17. The van der Waals surface area contributed by atoms with Crippen LogP contribution in [0, 0.1) is 0 Å². The number of halogens is 1. The van der Waals surface area contributed by atoms with Gasteiger partial charge in [-0.25, -0.2) is 4.68 Å². The molecule has 1 fully saturated rings. The van der Waals surface area contributed by atoms with Gasteiger partial charge in [-0.3, -0.25) is 0 Å². The zero-order valence-electron chi connectivity index (χ0n) is 11.8. The van der Waals surface area contributed by atoms with Gasteiger partial charge < -0.3 is 9.69 Å². The lowest BCUT2D eigenvalue weighted by Crippen LogP contribution is -2.26. The number of nitrogens with zero attached hydrogens (tertiary/aromatic N) is 3. The summed E-state index contributed by atoms with van der Waals surface area (Å²) in [4.78, 5) is 13.7. The van der Waals surface area contributed by atoms with Crippen molar-refractivity contribution in [2.24, 2.45) is 0 Å². The maximum atomic E-state index is 11.4. The van der Waals surface area contributed by atoms with E-state index in [1.165, 1.54) is 12.8 Å². The molecule has 0 amide bonds. The summed E-state index contributed by atoms with van der Waals surface area (Å²) in [5.74, 6) is -0.107. The molecule has 0 spiro atoms. The summed E-state index contributed by atoms with van der Waals surface area (Å²) < 4.78 is 1.78. The third-order valence-corrected chi connectivity index (χ3v) is 4.19. The standard InChI is InChI=1S/C16H18ClN3O/c17-15-3-5-16(6-4-15)20-11-13(9-18-20)14(12-21)10-19-7-1-2-8-19/h3-6,9,11-12,14H,1-2,7-8,10H2. The zero-order valence-corrected chi connectivity index (χ0v) is 12.5. The lowest BCUT2D eigenvalue weighted by atomic mass is 10.0. The maximum absolute atomic E-state index is 11.4. The van der Waals surface area contributed by atoms with Crippen LogP contribution in [-0.4, -0.2) is 40.6 Å². The number of likely N-dealkylation sites (tertiary alicyclic amines) is 1. The summed E-state index contributed by atoms with van der Waals surface area (Å²) in [6.07, 6.45) is 7.20. The average molecular weight is 304 g/mol. The summed E-state index contributed by atoms with van der Waals surface area (Å²) in [5, 5.41) is 5.06. The van der Waals surface area contributed by atoms with Crippen molar-refractivity contribution in [1.29, 1.82) is 0 Å². The van der Waals surface area contributed by atoms with E-state index in [2.05, 4.69) is 10.00 Å². The van der Waals surface area contributed by atoms with Crippen LogP contribution in [0.15, 0.2) is 36.7 Å². The van der Waals surface area contributed by atoms with Crippen molar-refractivity contribution >= 4 is 17.9 Å². The smallest absolute Gasteiger partial charge is 0.128 e. The molecule has 0 radical (unpaired) electrons. The monoisotopic (exact) mass is 303 g/mol. The van der Waals surface area contributed by atoms with Crippen LogP contribution in [0.2, 0.25) is 5.02 Å². The van der Waals surface area contributed by atoms with Crippen LogP contribution in [0.25, 0.3) is 5.69 Å². The summed E-state index contributed by atoms with van der Waals surface area (Å²) in [5.41, 5.74) is 1.91. The number of benzene rings is 1. The van der Waals surface area contributed by atoms with Gasteiger partial charge in [0.1, 0.15) is 6.29 Å². The molecule has 0 aliphatic carbocycles. The first kappa shape index (κ1) is 14.3. The molecule has 2 aromatic rings. The van der Waals surface area contributed by atoms with E-state index in [1.54, 1.807) is 10.9 Å². The second-order valence-electron chi connectivity index (χ2n) is 5.44. The molecular formula is C16H18ClN3O. The van der Waals surface area contributed by atoms with E-state index in [-0.39, 0.29) is 5.92 Å². The molecule has 0 bridgehead atoms. The molecular weight excluding hydrogens is 286 g/mol. The highest BCUT2D eigenvalue weighted by Crippen LogP contribution is 2.20. The van der Waals surface area contributed by atoms with Gasteiger partial charge in [-0.15, -0.1) is 0 Å². The first-order valence-corrected chi connectivity index (χ1v) is 7.62. The third-order valence-electron chi connectivity index (χ3n) is 3.94. The number of rotatable bonds is 5.